The molecule has 1 aromatic heterocycles. The molecule has 2 rings (SSSR count). The number of nitrogens with one attached hydrogen (secondary N) is 1. The summed E-state index contributed by atoms with van der Waals surface area (Å²) in [7, 11) is 1.56. The lowest BCUT2D eigenvalue weighted by atomic mass is 10.0. The second kappa shape index (κ2) is 6.43. The van der Waals surface area contributed by atoms with Gasteiger partial charge in [0.1, 0.15) is 5.82 Å². The molecule has 0 spiro atoms. The van der Waals surface area contributed by atoms with E-state index in [2.05, 4.69) is 4.98 Å². The lowest BCUT2D eigenvalue weighted by molar-refractivity contribution is -0.141. The summed E-state index contributed by atoms with van der Waals surface area (Å²) in [5.41, 5.74) is 1.79. The van der Waals surface area contributed by atoms with Crippen LogP contribution in [0, 0.1) is 11.7 Å². The average molecular weight is 304 g/mol. The van der Waals surface area contributed by atoms with Crippen LogP contribution in [0.3, 0.4) is 0 Å². The lowest BCUT2D eigenvalue weighted by Gasteiger charge is -2.19. The van der Waals surface area contributed by atoms with Gasteiger partial charge in [-0.05, 0) is 17.7 Å². The molecule has 1 amide bonds. The molecule has 1 unspecified atom stereocenters. The predicted octanol–water partition coefficient (Wildman–Crippen LogP) is 2.61. The van der Waals surface area contributed by atoms with Crippen LogP contribution in [0.1, 0.15) is 17.3 Å². The van der Waals surface area contributed by atoms with Gasteiger partial charge < -0.3 is 15.0 Å². The Morgan fingerprint density at radius 3 is 2.50 bits per heavy atom. The zero-order valence-corrected chi connectivity index (χ0v) is 12.3. The van der Waals surface area contributed by atoms with Gasteiger partial charge in [0.2, 0.25) is 0 Å². The molecule has 1 aromatic carbocycles. The first kappa shape index (κ1) is 15.8. The first-order valence-corrected chi connectivity index (χ1v) is 6.81. The van der Waals surface area contributed by atoms with Crippen molar-refractivity contribution in [3.63, 3.8) is 0 Å². The summed E-state index contributed by atoms with van der Waals surface area (Å²) in [6, 6.07) is 5.84. The molecular weight excluding hydrogens is 287 g/mol. The van der Waals surface area contributed by atoms with Crippen LogP contribution in [0.2, 0.25) is 0 Å². The Labute approximate surface area is 127 Å². The number of carboxylic acids is 1. The number of carbonyl (C=O) groups is 2. The number of aromatic nitrogens is 1. The second-order valence-electron chi connectivity index (χ2n) is 5.21. The zero-order valence-electron chi connectivity index (χ0n) is 12.3. The number of carboxylic acid groups (broad SMARTS) is 1. The molecule has 0 saturated heterocycles. The first-order chi connectivity index (χ1) is 10.4. The van der Waals surface area contributed by atoms with Gasteiger partial charge in [-0.2, -0.15) is 0 Å². The number of carbonyl (C=O) groups excluding carboxylic acids is 1. The maximum absolute atomic E-state index is 13.0. The van der Waals surface area contributed by atoms with E-state index >= 15 is 0 Å². The minimum absolute atomic E-state index is 0.113. The van der Waals surface area contributed by atoms with E-state index in [1.54, 1.807) is 38.5 Å². The Bertz CT molecular complexity index is 679. The van der Waals surface area contributed by atoms with E-state index in [0.29, 0.717) is 16.7 Å². The van der Waals surface area contributed by atoms with Crippen LogP contribution in [-0.2, 0) is 4.79 Å². The highest BCUT2D eigenvalue weighted by molar-refractivity contribution is 6.00. The highest BCUT2D eigenvalue weighted by atomic mass is 19.1. The average Bonchev–Trinajstić information content (AvgIpc) is 2.96. The summed E-state index contributed by atoms with van der Waals surface area (Å²) in [4.78, 5) is 27.6. The SMILES string of the molecule is CC(CN(C)C(=O)c1c[nH]cc1-c1ccc(F)cc1)C(=O)O. The van der Waals surface area contributed by atoms with Gasteiger partial charge in [0, 0.05) is 31.5 Å². The molecular formula is C16H17FN2O3. The third-order valence-electron chi connectivity index (χ3n) is 3.45. The summed E-state index contributed by atoms with van der Waals surface area (Å²) < 4.78 is 13.0. The summed E-state index contributed by atoms with van der Waals surface area (Å²) in [6.45, 7) is 1.66. The molecule has 116 valence electrons. The van der Waals surface area contributed by atoms with Crippen molar-refractivity contribution in [2.24, 2.45) is 5.92 Å². The standard InChI is InChI=1S/C16H17FN2O3/c1-10(16(21)22)9-19(2)15(20)14-8-18-7-13(14)11-3-5-12(17)6-4-11/h3-8,10,18H,9H2,1-2H3,(H,21,22). The van der Waals surface area contributed by atoms with Crippen LogP contribution in [-0.4, -0.2) is 40.5 Å². The van der Waals surface area contributed by atoms with E-state index in [1.807, 2.05) is 0 Å². The second-order valence-corrected chi connectivity index (χ2v) is 5.21. The molecule has 0 radical (unpaired) electrons. The number of aliphatic carboxylic acids is 1. The van der Waals surface area contributed by atoms with Crippen molar-refractivity contribution in [2.75, 3.05) is 13.6 Å². The monoisotopic (exact) mass is 304 g/mol. The molecule has 5 nitrogen and oxygen atoms in total. The minimum Gasteiger partial charge on any atom is -0.481 e. The van der Waals surface area contributed by atoms with E-state index < -0.39 is 11.9 Å². The Kier molecular flexibility index (Phi) is 4.60. The Hall–Kier alpha value is -2.63. The quantitative estimate of drug-likeness (QED) is 0.891. The maximum atomic E-state index is 13.0. The summed E-state index contributed by atoms with van der Waals surface area (Å²) in [6.07, 6.45) is 3.22. The molecule has 0 saturated carbocycles. The van der Waals surface area contributed by atoms with E-state index in [-0.39, 0.29) is 18.3 Å². The molecule has 2 aromatic rings. The van der Waals surface area contributed by atoms with Crippen LogP contribution in [0.4, 0.5) is 4.39 Å². The third kappa shape index (κ3) is 3.33. The Morgan fingerprint density at radius 1 is 1.27 bits per heavy atom. The van der Waals surface area contributed by atoms with E-state index in [1.165, 1.54) is 17.0 Å². The molecule has 0 aliphatic rings. The van der Waals surface area contributed by atoms with Gasteiger partial charge >= 0.3 is 5.97 Å². The number of hydrogen-bond acceptors (Lipinski definition) is 2. The number of aromatic amines is 1. The van der Waals surface area contributed by atoms with Crippen molar-refractivity contribution in [1.29, 1.82) is 0 Å². The van der Waals surface area contributed by atoms with Crippen molar-refractivity contribution < 1.29 is 19.1 Å². The van der Waals surface area contributed by atoms with Crippen LogP contribution < -0.4 is 0 Å². The number of benzene rings is 1. The predicted molar refractivity (Wildman–Crippen MR) is 79.9 cm³/mol. The zero-order chi connectivity index (χ0) is 16.3. The fraction of sp³-hybridized carbons (Fsp3) is 0.250. The van der Waals surface area contributed by atoms with Crippen LogP contribution in [0.25, 0.3) is 11.1 Å². The van der Waals surface area contributed by atoms with Crippen molar-refractivity contribution >= 4 is 11.9 Å². The highest BCUT2D eigenvalue weighted by Crippen LogP contribution is 2.24. The molecule has 22 heavy (non-hydrogen) atoms. The maximum Gasteiger partial charge on any atom is 0.308 e. The van der Waals surface area contributed by atoms with Gasteiger partial charge in [0.05, 0.1) is 11.5 Å². The fourth-order valence-corrected chi connectivity index (χ4v) is 2.19. The van der Waals surface area contributed by atoms with E-state index in [4.69, 9.17) is 5.11 Å². The van der Waals surface area contributed by atoms with Crippen molar-refractivity contribution in [2.45, 2.75) is 6.92 Å². The largest absolute Gasteiger partial charge is 0.481 e. The number of rotatable bonds is 5. The number of H-pyrrole nitrogens is 1. The van der Waals surface area contributed by atoms with Gasteiger partial charge in [0.15, 0.2) is 0 Å². The summed E-state index contributed by atoms with van der Waals surface area (Å²) in [5.74, 6) is -2.23. The van der Waals surface area contributed by atoms with E-state index in [0.717, 1.165) is 0 Å². The van der Waals surface area contributed by atoms with Gasteiger partial charge in [-0.25, -0.2) is 4.39 Å². The van der Waals surface area contributed by atoms with Crippen LogP contribution in [0.15, 0.2) is 36.7 Å². The third-order valence-corrected chi connectivity index (χ3v) is 3.45. The molecule has 6 heteroatoms. The Morgan fingerprint density at radius 2 is 1.91 bits per heavy atom. The highest BCUT2D eigenvalue weighted by Gasteiger charge is 2.21. The van der Waals surface area contributed by atoms with Gasteiger partial charge in [-0.1, -0.05) is 19.1 Å². The van der Waals surface area contributed by atoms with Crippen molar-refractivity contribution in [3.05, 3.63) is 48.0 Å². The minimum atomic E-state index is -0.951. The fourth-order valence-electron chi connectivity index (χ4n) is 2.19. The number of hydrogen-bond donors (Lipinski definition) is 2. The molecule has 0 aliphatic carbocycles. The molecule has 2 N–H and O–H groups in total. The summed E-state index contributed by atoms with van der Waals surface area (Å²) >= 11 is 0. The first-order valence-electron chi connectivity index (χ1n) is 6.81. The summed E-state index contributed by atoms with van der Waals surface area (Å²) in [5, 5.41) is 8.92. The smallest absolute Gasteiger partial charge is 0.308 e. The van der Waals surface area contributed by atoms with Crippen LogP contribution in [0.5, 0.6) is 0 Å². The molecule has 1 heterocycles. The Balaban J connectivity index is 2.23. The molecule has 0 bridgehead atoms. The van der Waals surface area contributed by atoms with E-state index in [9.17, 15) is 14.0 Å². The number of amides is 1. The van der Waals surface area contributed by atoms with Crippen molar-refractivity contribution in [1.82, 2.24) is 9.88 Å². The van der Waals surface area contributed by atoms with Crippen molar-refractivity contribution in [3.8, 4) is 11.1 Å². The lowest BCUT2D eigenvalue weighted by Crippen LogP contribution is -2.33. The van der Waals surface area contributed by atoms with Crippen LogP contribution >= 0.6 is 0 Å². The van der Waals surface area contributed by atoms with Gasteiger partial charge in [-0.3, -0.25) is 9.59 Å². The number of nitrogens with zero attached hydrogens (tertiary/aromatic N) is 1. The number of halogens is 1. The van der Waals surface area contributed by atoms with Gasteiger partial charge in [0.25, 0.3) is 5.91 Å². The molecule has 0 aliphatic heterocycles. The van der Waals surface area contributed by atoms with Gasteiger partial charge in [-0.15, -0.1) is 0 Å². The molecule has 1 atom stereocenters. The topological polar surface area (TPSA) is 73.4 Å². The normalized spacial score (nSPS) is 12.0. The molecule has 0 fully saturated rings.